The van der Waals surface area contributed by atoms with Gasteiger partial charge in [0, 0.05) is 25.7 Å². The van der Waals surface area contributed by atoms with Gasteiger partial charge in [-0.15, -0.1) is 0 Å². The van der Waals surface area contributed by atoms with Crippen molar-refractivity contribution in [1.29, 1.82) is 0 Å². The van der Waals surface area contributed by atoms with Gasteiger partial charge in [0.1, 0.15) is 18.0 Å². The van der Waals surface area contributed by atoms with E-state index in [9.17, 15) is 0 Å². The summed E-state index contributed by atoms with van der Waals surface area (Å²) in [5.74, 6) is 2.46. The molecule has 0 aliphatic rings. The van der Waals surface area contributed by atoms with Gasteiger partial charge in [0.15, 0.2) is 0 Å². The van der Waals surface area contributed by atoms with Crippen molar-refractivity contribution >= 4 is 11.6 Å². The van der Waals surface area contributed by atoms with E-state index in [1.807, 2.05) is 0 Å². The standard InChI is InChI=1S/C14H26N4/c1-6-8-15-13-12(11(3)4)14(17-10-16-13)18(5)9-7-2/h10-11H,6-9H2,1-5H3,(H,15,16,17). The number of rotatable bonds is 7. The van der Waals surface area contributed by atoms with E-state index >= 15 is 0 Å². The Hall–Kier alpha value is -1.32. The Morgan fingerprint density at radius 3 is 2.50 bits per heavy atom. The molecule has 0 radical (unpaired) electrons. The molecule has 4 nitrogen and oxygen atoms in total. The molecule has 1 rings (SSSR count). The van der Waals surface area contributed by atoms with Crippen LogP contribution < -0.4 is 10.2 Å². The normalized spacial score (nSPS) is 10.8. The van der Waals surface area contributed by atoms with Crippen molar-refractivity contribution in [1.82, 2.24) is 9.97 Å². The Labute approximate surface area is 111 Å². The Kier molecular flexibility index (Phi) is 5.89. The first-order valence-electron chi connectivity index (χ1n) is 6.91. The molecule has 0 saturated heterocycles. The molecule has 0 unspecified atom stereocenters. The van der Waals surface area contributed by atoms with Gasteiger partial charge >= 0.3 is 0 Å². The van der Waals surface area contributed by atoms with Gasteiger partial charge in [0.2, 0.25) is 0 Å². The third-order valence-electron chi connectivity index (χ3n) is 2.90. The minimum atomic E-state index is 0.417. The molecule has 0 atom stereocenters. The minimum Gasteiger partial charge on any atom is -0.370 e. The lowest BCUT2D eigenvalue weighted by Gasteiger charge is -2.24. The van der Waals surface area contributed by atoms with Gasteiger partial charge in [0.05, 0.1) is 0 Å². The fourth-order valence-corrected chi connectivity index (χ4v) is 2.05. The number of aromatic nitrogens is 2. The van der Waals surface area contributed by atoms with E-state index in [0.29, 0.717) is 5.92 Å². The summed E-state index contributed by atoms with van der Waals surface area (Å²) in [6, 6.07) is 0. The van der Waals surface area contributed by atoms with Gasteiger partial charge < -0.3 is 10.2 Å². The molecule has 1 N–H and O–H groups in total. The fraction of sp³-hybridized carbons (Fsp3) is 0.714. The number of hydrogen-bond donors (Lipinski definition) is 1. The van der Waals surface area contributed by atoms with Crippen LogP contribution in [0.4, 0.5) is 11.6 Å². The molecule has 0 amide bonds. The van der Waals surface area contributed by atoms with Gasteiger partial charge in [-0.1, -0.05) is 27.7 Å². The molecule has 102 valence electrons. The van der Waals surface area contributed by atoms with Crippen molar-refractivity contribution in [2.45, 2.75) is 46.5 Å². The Bertz CT molecular complexity index is 363. The molecule has 0 aromatic carbocycles. The minimum absolute atomic E-state index is 0.417. The van der Waals surface area contributed by atoms with Crippen LogP contribution >= 0.6 is 0 Å². The van der Waals surface area contributed by atoms with Crippen molar-refractivity contribution in [3.63, 3.8) is 0 Å². The summed E-state index contributed by atoms with van der Waals surface area (Å²) in [6.45, 7) is 10.7. The highest BCUT2D eigenvalue weighted by Gasteiger charge is 2.17. The average Bonchev–Trinajstić information content (AvgIpc) is 2.35. The number of nitrogens with one attached hydrogen (secondary N) is 1. The molecule has 18 heavy (non-hydrogen) atoms. The largest absolute Gasteiger partial charge is 0.370 e. The molecule has 1 aromatic heterocycles. The van der Waals surface area contributed by atoms with E-state index in [4.69, 9.17) is 0 Å². The first-order valence-corrected chi connectivity index (χ1v) is 6.91. The predicted octanol–water partition coefficient (Wildman–Crippen LogP) is 3.27. The van der Waals surface area contributed by atoms with Crippen molar-refractivity contribution in [3.8, 4) is 0 Å². The maximum Gasteiger partial charge on any atom is 0.137 e. The third kappa shape index (κ3) is 3.59. The van der Waals surface area contributed by atoms with Crippen LogP contribution in [0.15, 0.2) is 6.33 Å². The zero-order valence-corrected chi connectivity index (χ0v) is 12.3. The van der Waals surface area contributed by atoms with E-state index in [-0.39, 0.29) is 0 Å². The van der Waals surface area contributed by atoms with E-state index in [0.717, 1.165) is 37.6 Å². The second-order valence-electron chi connectivity index (χ2n) is 4.96. The second-order valence-corrected chi connectivity index (χ2v) is 4.96. The van der Waals surface area contributed by atoms with Crippen LogP contribution in [0, 0.1) is 0 Å². The molecular formula is C14H26N4. The topological polar surface area (TPSA) is 41.1 Å². The Morgan fingerprint density at radius 2 is 1.94 bits per heavy atom. The maximum absolute atomic E-state index is 4.46. The van der Waals surface area contributed by atoms with Crippen molar-refractivity contribution in [3.05, 3.63) is 11.9 Å². The second kappa shape index (κ2) is 7.19. The van der Waals surface area contributed by atoms with Gasteiger partial charge in [-0.25, -0.2) is 9.97 Å². The van der Waals surface area contributed by atoms with E-state index < -0.39 is 0 Å². The Balaban J connectivity index is 3.08. The Morgan fingerprint density at radius 1 is 1.22 bits per heavy atom. The highest BCUT2D eigenvalue weighted by Crippen LogP contribution is 2.30. The summed E-state index contributed by atoms with van der Waals surface area (Å²) >= 11 is 0. The summed E-state index contributed by atoms with van der Waals surface area (Å²) in [5.41, 5.74) is 1.22. The van der Waals surface area contributed by atoms with Crippen LogP contribution in [-0.2, 0) is 0 Å². The summed E-state index contributed by atoms with van der Waals surface area (Å²) in [6.07, 6.45) is 3.88. The van der Waals surface area contributed by atoms with Gasteiger partial charge in [-0.2, -0.15) is 0 Å². The molecule has 0 aliphatic carbocycles. The zero-order chi connectivity index (χ0) is 13.5. The van der Waals surface area contributed by atoms with E-state index in [1.54, 1.807) is 6.33 Å². The van der Waals surface area contributed by atoms with Crippen LogP contribution in [0.3, 0.4) is 0 Å². The van der Waals surface area contributed by atoms with Crippen LogP contribution in [0.25, 0.3) is 0 Å². The monoisotopic (exact) mass is 250 g/mol. The lowest BCUT2D eigenvalue weighted by Crippen LogP contribution is -2.22. The van der Waals surface area contributed by atoms with Gasteiger partial charge in [-0.3, -0.25) is 0 Å². The fourth-order valence-electron chi connectivity index (χ4n) is 2.05. The highest BCUT2D eigenvalue weighted by molar-refractivity contribution is 5.60. The summed E-state index contributed by atoms with van der Waals surface area (Å²) in [5, 5.41) is 3.40. The molecule has 4 heteroatoms. The number of anilines is 2. The van der Waals surface area contributed by atoms with Crippen LogP contribution in [0.1, 0.15) is 52.0 Å². The lowest BCUT2D eigenvalue weighted by molar-refractivity contribution is 0.789. The molecule has 1 heterocycles. The zero-order valence-electron chi connectivity index (χ0n) is 12.3. The first-order chi connectivity index (χ1) is 8.61. The molecule has 0 bridgehead atoms. The van der Waals surface area contributed by atoms with E-state index in [1.165, 1.54) is 5.56 Å². The van der Waals surface area contributed by atoms with Crippen LogP contribution in [0.5, 0.6) is 0 Å². The maximum atomic E-state index is 4.46. The van der Waals surface area contributed by atoms with Crippen molar-refractivity contribution in [2.75, 3.05) is 30.4 Å². The highest BCUT2D eigenvalue weighted by atomic mass is 15.2. The molecular weight excluding hydrogens is 224 g/mol. The van der Waals surface area contributed by atoms with Crippen LogP contribution in [0.2, 0.25) is 0 Å². The van der Waals surface area contributed by atoms with Crippen molar-refractivity contribution < 1.29 is 0 Å². The summed E-state index contributed by atoms with van der Waals surface area (Å²) in [7, 11) is 2.10. The van der Waals surface area contributed by atoms with Crippen molar-refractivity contribution in [2.24, 2.45) is 0 Å². The summed E-state index contributed by atoms with van der Waals surface area (Å²) < 4.78 is 0. The summed E-state index contributed by atoms with van der Waals surface area (Å²) in [4.78, 5) is 11.1. The molecule has 0 spiro atoms. The number of hydrogen-bond acceptors (Lipinski definition) is 4. The first kappa shape index (κ1) is 14.7. The molecule has 0 fully saturated rings. The molecule has 1 aromatic rings. The van der Waals surface area contributed by atoms with Gasteiger partial charge in [0.25, 0.3) is 0 Å². The predicted molar refractivity (Wildman–Crippen MR) is 78.5 cm³/mol. The van der Waals surface area contributed by atoms with E-state index in [2.05, 4.69) is 54.9 Å². The molecule has 0 aliphatic heterocycles. The SMILES string of the molecule is CCCNc1ncnc(N(C)CCC)c1C(C)C. The quantitative estimate of drug-likeness (QED) is 0.806. The third-order valence-corrected chi connectivity index (χ3v) is 2.90. The van der Waals surface area contributed by atoms with Crippen LogP contribution in [-0.4, -0.2) is 30.1 Å². The van der Waals surface area contributed by atoms with Gasteiger partial charge in [-0.05, 0) is 18.8 Å². The molecule has 0 saturated carbocycles. The smallest absolute Gasteiger partial charge is 0.137 e. The number of nitrogens with zero attached hydrogens (tertiary/aromatic N) is 3. The lowest BCUT2D eigenvalue weighted by atomic mass is 10.0. The average molecular weight is 250 g/mol.